The molecule has 4 rings (SSSR count). The maximum Gasteiger partial charge on any atom is 0.322 e. The van der Waals surface area contributed by atoms with Crippen LogP contribution >= 0.6 is 0 Å². The molecule has 1 aromatic carbocycles. The number of nitrogens with one attached hydrogen (secondary N) is 2. The molecule has 0 unspecified atom stereocenters. The Morgan fingerprint density at radius 2 is 1.96 bits per heavy atom. The van der Waals surface area contributed by atoms with Gasteiger partial charge in [-0.05, 0) is 47.2 Å². The van der Waals surface area contributed by atoms with Gasteiger partial charge in [0.15, 0.2) is 0 Å². The second-order valence-corrected chi connectivity index (χ2v) is 8.28. The molecule has 0 spiro atoms. The maximum atomic E-state index is 12.6. The lowest BCUT2D eigenvalue weighted by molar-refractivity contribution is 0.217. The van der Waals surface area contributed by atoms with Crippen LogP contribution in [0.5, 0.6) is 0 Å². The molecule has 0 bridgehead atoms. The molecule has 5 nitrogen and oxygen atoms in total. The molecule has 1 aliphatic heterocycles. The molecule has 0 saturated carbocycles. The van der Waals surface area contributed by atoms with Crippen molar-refractivity contribution in [1.82, 2.24) is 14.9 Å². The highest BCUT2D eigenvalue weighted by molar-refractivity contribution is 5.92. The van der Waals surface area contributed by atoms with Crippen LogP contribution in [0.3, 0.4) is 0 Å². The van der Waals surface area contributed by atoms with E-state index in [1.165, 1.54) is 11.1 Å². The van der Waals surface area contributed by atoms with Gasteiger partial charge in [-0.25, -0.2) is 4.79 Å². The summed E-state index contributed by atoms with van der Waals surface area (Å²) in [6, 6.07) is 12.0. The summed E-state index contributed by atoms with van der Waals surface area (Å²) in [5.41, 5.74) is 6.59. The van der Waals surface area contributed by atoms with Crippen LogP contribution < -0.4 is 5.32 Å². The van der Waals surface area contributed by atoms with E-state index in [-0.39, 0.29) is 11.4 Å². The monoisotopic (exact) mass is 374 g/mol. The number of aromatic nitrogens is 2. The number of fused-ring (bicyclic) bond motifs is 1. The maximum absolute atomic E-state index is 12.6. The summed E-state index contributed by atoms with van der Waals surface area (Å²) in [4.78, 5) is 22.2. The average Bonchev–Trinajstić information content (AvgIpc) is 3.12. The molecule has 0 atom stereocenters. The number of carbonyl (C=O) groups is 1. The minimum atomic E-state index is -0.0594. The smallest absolute Gasteiger partial charge is 0.322 e. The number of hydrogen-bond donors (Lipinski definition) is 2. The number of hydrogen-bond acceptors (Lipinski definition) is 2. The molecule has 0 aliphatic carbocycles. The van der Waals surface area contributed by atoms with E-state index in [4.69, 9.17) is 0 Å². The Morgan fingerprint density at radius 1 is 1.18 bits per heavy atom. The van der Waals surface area contributed by atoms with Gasteiger partial charge in [-0.15, -0.1) is 0 Å². The Kier molecular flexibility index (Phi) is 4.67. The van der Waals surface area contributed by atoms with E-state index in [9.17, 15) is 4.79 Å². The lowest BCUT2D eigenvalue weighted by Crippen LogP contribution is -2.37. The highest BCUT2D eigenvalue weighted by atomic mass is 16.2. The Labute approximate surface area is 165 Å². The van der Waals surface area contributed by atoms with Gasteiger partial charge in [-0.1, -0.05) is 39.0 Å². The zero-order valence-corrected chi connectivity index (χ0v) is 16.6. The normalized spacial score (nSPS) is 14.8. The molecule has 144 valence electrons. The van der Waals surface area contributed by atoms with Crippen molar-refractivity contribution < 1.29 is 4.79 Å². The van der Waals surface area contributed by atoms with E-state index < -0.39 is 0 Å². The number of rotatable bonds is 2. The summed E-state index contributed by atoms with van der Waals surface area (Å²) < 4.78 is 0. The number of nitrogens with zero attached hydrogens (tertiary/aromatic N) is 2. The topological polar surface area (TPSA) is 61.0 Å². The number of benzene rings is 1. The van der Waals surface area contributed by atoms with Gasteiger partial charge in [0.25, 0.3) is 0 Å². The Balaban J connectivity index is 1.42. The molecule has 28 heavy (non-hydrogen) atoms. The molecule has 3 heterocycles. The summed E-state index contributed by atoms with van der Waals surface area (Å²) in [5.74, 6) is 0. The van der Waals surface area contributed by atoms with Crippen molar-refractivity contribution in [1.29, 1.82) is 0 Å². The van der Waals surface area contributed by atoms with E-state index in [0.717, 1.165) is 28.7 Å². The highest BCUT2D eigenvalue weighted by Gasteiger charge is 2.20. The molecule has 0 radical (unpaired) electrons. The number of pyridine rings is 1. The van der Waals surface area contributed by atoms with E-state index in [0.29, 0.717) is 13.1 Å². The summed E-state index contributed by atoms with van der Waals surface area (Å²) in [6.45, 7) is 7.84. The predicted octanol–water partition coefficient (Wildman–Crippen LogP) is 5.18. The van der Waals surface area contributed by atoms with Crippen LogP contribution in [0, 0.1) is 0 Å². The lowest BCUT2D eigenvalue weighted by Gasteiger charge is -2.27. The fourth-order valence-electron chi connectivity index (χ4n) is 3.55. The third kappa shape index (κ3) is 3.65. The van der Waals surface area contributed by atoms with Gasteiger partial charge in [0.1, 0.15) is 0 Å². The second-order valence-electron chi connectivity index (χ2n) is 8.28. The Morgan fingerprint density at radius 3 is 2.64 bits per heavy atom. The van der Waals surface area contributed by atoms with Crippen LogP contribution in [0.15, 0.2) is 54.9 Å². The minimum Gasteiger partial charge on any atom is -0.359 e. The zero-order valence-electron chi connectivity index (χ0n) is 16.6. The van der Waals surface area contributed by atoms with Gasteiger partial charge < -0.3 is 15.2 Å². The largest absolute Gasteiger partial charge is 0.359 e. The number of aromatic amines is 1. The van der Waals surface area contributed by atoms with Gasteiger partial charge >= 0.3 is 6.03 Å². The van der Waals surface area contributed by atoms with Crippen LogP contribution in [-0.2, 0) is 5.41 Å². The summed E-state index contributed by atoms with van der Waals surface area (Å²) in [7, 11) is 0. The number of carbonyl (C=O) groups excluding carboxylic acids is 1. The van der Waals surface area contributed by atoms with Crippen molar-refractivity contribution in [3.8, 4) is 0 Å². The number of urea groups is 1. The van der Waals surface area contributed by atoms with Crippen molar-refractivity contribution in [3.63, 3.8) is 0 Å². The van der Waals surface area contributed by atoms with Crippen LogP contribution in [0.25, 0.3) is 16.6 Å². The summed E-state index contributed by atoms with van der Waals surface area (Å²) in [5, 5.41) is 3.01. The van der Waals surface area contributed by atoms with Gasteiger partial charge in [-0.3, -0.25) is 4.98 Å². The van der Waals surface area contributed by atoms with Gasteiger partial charge in [0, 0.05) is 36.7 Å². The highest BCUT2D eigenvalue weighted by Crippen LogP contribution is 2.28. The molecule has 0 saturated heterocycles. The van der Waals surface area contributed by atoms with E-state index in [2.05, 4.69) is 54.3 Å². The standard InChI is InChI=1S/C23H26N4O/c1-23(2,3)17-6-8-18(9-7-17)26-22(28)27-13-10-16(11-14-27)19-15-25-20-5-4-12-24-21(19)20/h4-10,12,15,25H,11,13-14H2,1-3H3,(H,26,28). The molecule has 5 heteroatoms. The van der Waals surface area contributed by atoms with E-state index >= 15 is 0 Å². The predicted molar refractivity (Wildman–Crippen MR) is 114 cm³/mol. The van der Waals surface area contributed by atoms with Gasteiger partial charge in [-0.2, -0.15) is 0 Å². The third-order valence-electron chi connectivity index (χ3n) is 5.28. The number of H-pyrrole nitrogens is 1. The third-order valence-corrected chi connectivity index (χ3v) is 5.28. The SMILES string of the molecule is CC(C)(C)c1ccc(NC(=O)N2CC=C(c3c[nH]c4cccnc34)CC2)cc1. The first-order valence-corrected chi connectivity index (χ1v) is 9.70. The molecule has 3 aromatic rings. The van der Waals surface area contributed by atoms with Crippen molar-refractivity contribution >= 4 is 28.3 Å². The molecule has 2 amide bonds. The van der Waals surface area contributed by atoms with Crippen molar-refractivity contribution in [2.75, 3.05) is 18.4 Å². The Hall–Kier alpha value is -3.08. The van der Waals surface area contributed by atoms with E-state index in [1.54, 1.807) is 0 Å². The fourth-order valence-corrected chi connectivity index (χ4v) is 3.55. The first kappa shape index (κ1) is 18.3. The molecule has 1 aliphatic rings. The summed E-state index contributed by atoms with van der Waals surface area (Å²) >= 11 is 0. The first-order chi connectivity index (χ1) is 13.4. The van der Waals surface area contributed by atoms with Crippen molar-refractivity contribution in [2.45, 2.75) is 32.6 Å². The number of amides is 2. The van der Waals surface area contributed by atoms with E-state index in [1.807, 2.05) is 41.6 Å². The van der Waals surface area contributed by atoms with Crippen LogP contribution in [-0.4, -0.2) is 34.0 Å². The molecular formula is C23H26N4O. The van der Waals surface area contributed by atoms with Gasteiger partial charge in [0.2, 0.25) is 0 Å². The lowest BCUT2D eigenvalue weighted by atomic mass is 9.87. The quantitative estimate of drug-likeness (QED) is 0.649. The van der Waals surface area contributed by atoms with Crippen LogP contribution in [0.1, 0.15) is 38.3 Å². The Bertz CT molecular complexity index is 1020. The second kappa shape index (κ2) is 7.15. The zero-order chi connectivity index (χ0) is 19.7. The molecular weight excluding hydrogens is 348 g/mol. The molecule has 2 N–H and O–H groups in total. The van der Waals surface area contributed by atoms with Crippen LogP contribution in [0.4, 0.5) is 10.5 Å². The van der Waals surface area contributed by atoms with Crippen molar-refractivity contribution in [3.05, 3.63) is 66.0 Å². The average molecular weight is 374 g/mol. The fraction of sp³-hybridized carbons (Fsp3) is 0.304. The van der Waals surface area contributed by atoms with Crippen molar-refractivity contribution in [2.24, 2.45) is 0 Å². The minimum absolute atomic E-state index is 0.0594. The summed E-state index contributed by atoms with van der Waals surface area (Å²) in [6.07, 6.45) is 6.77. The molecule has 0 fully saturated rings. The molecule has 2 aromatic heterocycles. The number of anilines is 1. The first-order valence-electron chi connectivity index (χ1n) is 9.70. The van der Waals surface area contributed by atoms with Gasteiger partial charge in [0.05, 0.1) is 11.0 Å². The van der Waals surface area contributed by atoms with Crippen LogP contribution in [0.2, 0.25) is 0 Å².